The van der Waals surface area contributed by atoms with Gasteiger partial charge in [-0.05, 0) is 51.5 Å². The standard InChI is InChI=1S/C18H23N3O3/c1-12-9-14(20-21(12)18(2,3)4)17(22)19-11-13-5-6-15-16(10-13)24-8-7-23-15/h5-6,9-10H,7-8,11H2,1-4H3,(H,19,22). The van der Waals surface area contributed by atoms with Crippen LogP contribution in [0.15, 0.2) is 24.3 Å². The van der Waals surface area contributed by atoms with E-state index in [1.807, 2.05) is 35.9 Å². The number of nitrogens with zero attached hydrogens (tertiary/aromatic N) is 2. The van der Waals surface area contributed by atoms with Crippen LogP contribution >= 0.6 is 0 Å². The Kier molecular flexibility index (Phi) is 4.22. The molecule has 0 fully saturated rings. The highest BCUT2D eigenvalue weighted by atomic mass is 16.6. The van der Waals surface area contributed by atoms with E-state index >= 15 is 0 Å². The van der Waals surface area contributed by atoms with Crippen molar-refractivity contribution in [2.75, 3.05) is 13.2 Å². The molecule has 1 aliphatic rings. The molecule has 0 spiro atoms. The first-order valence-electron chi connectivity index (χ1n) is 8.08. The molecule has 0 atom stereocenters. The van der Waals surface area contributed by atoms with Crippen molar-refractivity contribution in [3.63, 3.8) is 0 Å². The minimum atomic E-state index is -0.184. The van der Waals surface area contributed by atoms with E-state index in [1.54, 1.807) is 0 Å². The number of fused-ring (bicyclic) bond motifs is 1. The predicted molar refractivity (Wildman–Crippen MR) is 90.6 cm³/mol. The van der Waals surface area contributed by atoms with Crippen LogP contribution in [0.1, 0.15) is 42.5 Å². The van der Waals surface area contributed by atoms with E-state index < -0.39 is 0 Å². The molecule has 1 aliphatic heterocycles. The lowest BCUT2D eigenvalue weighted by Gasteiger charge is -2.21. The molecule has 128 valence electrons. The SMILES string of the molecule is Cc1cc(C(=O)NCc2ccc3c(c2)OCCO3)nn1C(C)(C)C. The van der Waals surface area contributed by atoms with E-state index in [-0.39, 0.29) is 11.4 Å². The molecule has 24 heavy (non-hydrogen) atoms. The highest BCUT2D eigenvalue weighted by Gasteiger charge is 2.20. The van der Waals surface area contributed by atoms with Crippen molar-refractivity contribution in [3.8, 4) is 11.5 Å². The summed E-state index contributed by atoms with van der Waals surface area (Å²) < 4.78 is 12.9. The zero-order chi connectivity index (χ0) is 17.3. The number of hydrogen-bond acceptors (Lipinski definition) is 4. The Bertz CT molecular complexity index is 759. The maximum Gasteiger partial charge on any atom is 0.272 e. The Balaban J connectivity index is 1.68. The summed E-state index contributed by atoms with van der Waals surface area (Å²) in [6, 6.07) is 7.50. The number of nitrogens with one attached hydrogen (secondary N) is 1. The van der Waals surface area contributed by atoms with Gasteiger partial charge in [0.1, 0.15) is 18.9 Å². The van der Waals surface area contributed by atoms with Crippen LogP contribution in [0.25, 0.3) is 0 Å². The molecule has 1 aromatic heterocycles. The molecule has 2 heterocycles. The van der Waals surface area contributed by atoms with Gasteiger partial charge in [0.25, 0.3) is 5.91 Å². The molecule has 0 saturated carbocycles. The Labute approximate surface area is 141 Å². The third kappa shape index (κ3) is 3.37. The molecule has 1 N–H and O–H groups in total. The first kappa shape index (κ1) is 16.4. The molecule has 1 amide bonds. The molecule has 3 rings (SSSR count). The number of benzene rings is 1. The molecule has 2 aromatic rings. The number of ether oxygens (including phenoxy) is 2. The second-order valence-corrected chi connectivity index (χ2v) is 6.91. The van der Waals surface area contributed by atoms with Gasteiger partial charge < -0.3 is 14.8 Å². The molecular weight excluding hydrogens is 306 g/mol. The van der Waals surface area contributed by atoms with E-state index in [4.69, 9.17) is 9.47 Å². The summed E-state index contributed by atoms with van der Waals surface area (Å²) in [6.07, 6.45) is 0. The van der Waals surface area contributed by atoms with Crippen LogP contribution in [0.5, 0.6) is 11.5 Å². The maximum absolute atomic E-state index is 12.4. The maximum atomic E-state index is 12.4. The van der Waals surface area contributed by atoms with E-state index in [2.05, 4.69) is 31.2 Å². The van der Waals surface area contributed by atoms with Gasteiger partial charge in [-0.15, -0.1) is 0 Å². The lowest BCUT2D eigenvalue weighted by atomic mass is 10.1. The fourth-order valence-corrected chi connectivity index (χ4v) is 2.74. The van der Waals surface area contributed by atoms with Gasteiger partial charge in [0, 0.05) is 12.2 Å². The first-order chi connectivity index (χ1) is 11.3. The molecule has 0 unspecified atom stereocenters. The average molecular weight is 329 g/mol. The Morgan fingerprint density at radius 1 is 1.21 bits per heavy atom. The summed E-state index contributed by atoms with van der Waals surface area (Å²) in [5.74, 6) is 1.28. The van der Waals surface area contributed by atoms with Gasteiger partial charge >= 0.3 is 0 Å². The second kappa shape index (κ2) is 6.19. The van der Waals surface area contributed by atoms with Gasteiger partial charge in [-0.1, -0.05) is 6.07 Å². The van der Waals surface area contributed by atoms with Crippen LogP contribution < -0.4 is 14.8 Å². The smallest absolute Gasteiger partial charge is 0.272 e. The minimum absolute atomic E-state index is 0.154. The van der Waals surface area contributed by atoms with E-state index in [0.717, 1.165) is 22.8 Å². The number of aromatic nitrogens is 2. The Morgan fingerprint density at radius 3 is 2.58 bits per heavy atom. The Morgan fingerprint density at radius 2 is 1.92 bits per heavy atom. The molecule has 0 aliphatic carbocycles. The van der Waals surface area contributed by atoms with Crippen molar-refractivity contribution in [2.45, 2.75) is 39.8 Å². The highest BCUT2D eigenvalue weighted by molar-refractivity contribution is 5.92. The van der Waals surface area contributed by atoms with Crippen LogP contribution in [0.4, 0.5) is 0 Å². The summed E-state index contributed by atoms with van der Waals surface area (Å²) >= 11 is 0. The van der Waals surface area contributed by atoms with Crippen LogP contribution in [-0.4, -0.2) is 28.9 Å². The molecule has 0 bridgehead atoms. The molecular formula is C18H23N3O3. The van der Waals surface area contributed by atoms with Gasteiger partial charge in [-0.2, -0.15) is 5.10 Å². The summed E-state index contributed by atoms with van der Waals surface area (Å²) in [7, 11) is 0. The van der Waals surface area contributed by atoms with Crippen molar-refractivity contribution in [1.82, 2.24) is 15.1 Å². The highest BCUT2D eigenvalue weighted by Crippen LogP contribution is 2.30. The van der Waals surface area contributed by atoms with Gasteiger partial charge in [0.05, 0.1) is 5.54 Å². The van der Waals surface area contributed by atoms with Crippen molar-refractivity contribution in [3.05, 3.63) is 41.2 Å². The summed E-state index contributed by atoms with van der Waals surface area (Å²) in [6.45, 7) is 9.66. The van der Waals surface area contributed by atoms with Crippen molar-refractivity contribution in [1.29, 1.82) is 0 Å². The molecule has 6 nitrogen and oxygen atoms in total. The molecule has 6 heteroatoms. The van der Waals surface area contributed by atoms with Crippen LogP contribution in [0.3, 0.4) is 0 Å². The van der Waals surface area contributed by atoms with E-state index in [9.17, 15) is 4.79 Å². The van der Waals surface area contributed by atoms with Gasteiger partial charge in [0.2, 0.25) is 0 Å². The monoisotopic (exact) mass is 329 g/mol. The average Bonchev–Trinajstić information content (AvgIpc) is 2.94. The van der Waals surface area contributed by atoms with Crippen LogP contribution in [0.2, 0.25) is 0 Å². The Hall–Kier alpha value is -2.50. The van der Waals surface area contributed by atoms with Gasteiger partial charge in [0.15, 0.2) is 11.5 Å². The second-order valence-electron chi connectivity index (χ2n) is 6.91. The van der Waals surface area contributed by atoms with E-state index in [1.165, 1.54) is 0 Å². The molecule has 0 saturated heterocycles. The van der Waals surface area contributed by atoms with Crippen molar-refractivity contribution >= 4 is 5.91 Å². The quantitative estimate of drug-likeness (QED) is 0.940. The third-order valence-electron chi connectivity index (χ3n) is 3.82. The topological polar surface area (TPSA) is 65.4 Å². The number of hydrogen-bond donors (Lipinski definition) is 1. The van der Waals surface area contributed by atoms with Crippen molar-refractivity contribution < 1.29 is 14.3 Å². The number of amides is 1. The lowest BCUT2D eigenvalue weighted by Crippen LogP contribution is -2.27. The summed E-state index contributed by atoms with van der Waals surface area (Å²) in [4.78, 5) is 12.4. The van der Waals surface area contributed by atoms with Gasteiger partial charge in [-0.3, -0.25) is 9.48 Å². The van der Waals surface area contributed by atoms with E-state index in [0.29, 0.717) is 25.5 Å². The minimum Gasteiger partial charge on any atom is -0.486 e. The summed E-state index contributed by atoms with van der Waals surface area (Å²) in [5.41, 5.74) is 2.20. The predicted octanol–water partition coefficient (Wildman–Crippen LogP) is 2.65. The molecule has 1 aromatic carbocycles. The first-order valence-corrected chi connectivity index (χ1v) is 8.08. The fraction of sp³-hybridized carbons (Fsp3) is 0.444. The van der Waals surface area contributed by atoms with Gasteiger partial charge in [-0.25, -0.2) is 0 Å². The van der Waals surface area contributed by atoms with Crippen LogP contribution in [-0.2, 0) is 12.1 Å². The van der Waals surface area contributed by atoms with Crippen molar-refractivity contribution in [2.24, 2.45) is 0 Å². The fourth-order valence-electron chi connectivity index (χ4n) is 2.74. The number of rotatable bonds is 3. The zero-order valence-electron chi connectivity index (χ0n) is 14.5. The van der Waals surface area contributed by atoms with Crippen LogP contribution in [0, 0.1) is 6.92 Å². The number of aryl methyl sites for hydroxylation is 1. The number of carbonyl (C=O) groups excluding carboxylic acids is 1. The lowest BCUT2D eigenvalue weighted by molar-refractivity contribution is 0.0944. The normalized spacial score (nSPS) is 13.7. The summed E-state index contributed by atoms with van der Waals surface area (Å²) in [5, 5.41) is 7.33. The number of carbonyl (C=O) groups is 1. The largest absolute Gasteiger partial charge is 0.486 e. The molecule has 0 radical (unpaired) electrons. The zero-order valence-corrected chi connectivity index (χ0v) is 14.5. The third-order valence-corrected chi connectivity index (χ3v) is 3.82.